The lowest BCUT2D eigenvalue weighted by Gasteiger charge is -2.07. The van der Waals surface area contributed by atoms with Gasteiger partial charge in [-0.2, -0.15) is 0 Å². The number of benzene rings is 1. The van der Waals surface area contributed by atoms with Gasteiger partial charge < -0.3 is 4.84 Å². The molecule has 0 aliphatic heterocycles. The van der Waals surface area contributed by atoms with Crippen molar-refractivity contribution in [3.05, 3.63) is 23.2 Å². The van der Waals surface area contributed by atoms with Crippen LogP contribution in [0.3, 0.4) is 0 Å². The number of halogens is 1. The van der Waals surface area contributed by atoms with Crippen molar-refractivity contribution in [1.29, 1.82) is 0 Å². The number of rotatable bonds is 2. The van der Waals surface area contributed by atoms with Gasteiger partial charge in [-0.3, -0.25) is 0 Å². The molecule has 0 saturated heterocycles. The lowest BCUT2D eigenvalue weighted by atomic mass is 10.3. The fourth-order valence-electron chi connectivity index (χ4n) is 1.15. The van der Waals surface area contributed by atoms with E-state index in [-0.39, 0.29) is 6.10 Å². The first-order chi connectivity index (χ1) is 6.66. The van der Waals surface area contributed by atoms with Crippen molar-refractivity contribution in [1.82, 2.24) is 15.2 Å². The van der Waals surface area contributed by atoms with Crippen molar-refractivity contribution in [2.24, 2.45) is 0 Å². The average molecular weight is 212 g/mol. The van der Waals surface area contributed by atoms with Crippen molar-refractivity contribution < 1.29 is 4.84 Å². The summed E-state index contributed by atoms with van der Waals surface area (Å²) in [6, 6.07) is 5.36. The molecule has 74 valence electrons. The van der Waals surface area contributed by atoms with E-state index in [1.165, 1.54) is 4.85 Å². The Labute approximate surface area is 86.4 Å². The highest BCUT2D eigenvalue weighted by atomic mass is 35.5. The first kappa shape index (κ1) is 9.27. The third kappa shape index (κ3) is 1.65. The number of fused-ring (bicyclic) bond motifs is 1. The molecule has 0 unspecified atom stereocenters. The van der Waals surface area contributed by atoms with Crippen LogP contribution in [0.25, 0.3) is 11.0 Å². The second-order valence-electron chi connectivity index (χ2n) is 3.25. The van der Waals surface area contributed by atoms with Gasteiger partial charge in [0, 0.05) is 5.02 Å². The van der Waals surface area contributed by atoms with Gasteiger partial charge in [0.05, 0.1) is 0 Å². The zero-order chi connectivity index (χ0) is 10.1. The lowest BCUT2D eigenvalue weighted by molar-refractivity contribution is 0.0408. The maximum atomic E-state index is 5.86. The topological polar surface area (TPSA) is 39.9 Å². The molecule has 0 atom stereocenters. The minimum absolute atomic E-state index is 0.0545. The Balaban J connectivity index is 2.50. The predicted octanol–water partition coefficient (Wildman–Crippen LogP) is 1.92. The molecule has 0 aliphatic rings. The largest absolute Gasteiger partial charge is 0.392 e. The molecular weight excluding hydrogens is 202 g/mol. The van der Waals surface area contributed by atoms with E-state index in [1.807, 2.05) is 19.9 Å². The van der Waals surface area contributed by atoms with Gasteiger partial charge in [-0.25, -0.2) is 0 Å². The number of hydrogen-bond acceptors (Lipinski definition) is 3. The zero-order valence-corrected chi connectivity index (χ0v) is 8.69. The Kier molecular flexibility index (Phi) is 2.29. The highest BCUT2D eigenvalue weighted by Crippen LogP contribution is 2.16. The monoisotopic (exact) mass is 211 g/mol. The van der Waals surface area contributed by atoms with E-state index >= 15 is 0 Å². The molecule has 2 rings (SSSR count). The van der Waals surface area contributed by atoms with E-state index < -0.39 is 0 Å². The van der Waals surface area contributed by atoms with Crippen LogP contribution in [0, 0.1) is 0 Å². The average Bonchev–Trinajstić information content (AvgIpc) is 2.47. The molecule has 2 aromatic rings. The van der Waals surface area contributed by atoms with Crippen LogP contribution in [0.15, 0.2) is 18.2 Å². The Bertz CT molecular complexity index is 452. The van der Waals surface area contributed by atoms with Gasteiger partial charge in [0.25, 0.3) is 0 Å². The van der Waals surface area contributed by atoms with E-state index in [2.05, 4.69) is 10.3 Å². The molecule has 1 aromatic carbocycles. The molecule has 0 amide bonds. The van der Waals surface area contributed by atoms with Gasteiger partial charge >= 0.3 is 0 Å². The lowest BCUT2D eigenvalue weighted by Crippen LogP contribution is -2.20. The molecular formula is C9H10ClN3O. The highest BCUT2D eigenvalue weighted by molar-refractivity contribution is 6.31. The Hall–Kier alpha value is -1.29. The summed E-state index contributed by atoms with van der Waals surface area (Å²) in [6.07, 6.45) is 0.0545. The number of hydrogen-bond donors (Lipinski definition) is 0. The standard InChI is InChI=1S/C9H10ClN3O/c1-6(2)14-13-9-5-7(10)3-4-8(9)11-12-13/h3-6H,1-2H3. The fourth-order valence-corrected chi connectivity index (χ4v) is 1.32. The van der Waals surface area contributed by atoms with Crippen LogP contribution in [0.5, 0.6) is 0 Å². The summed E-state index contributed by atoms with van der Waals surface area (Å²) in [6.45, 7) is 3.86. The Morgan fingerprint density at radius 1 is 1.43 bits per heavy atom. The SMILES string of the molecule is CC(C)On1nnc2ccc(Cl)cc21. The van der Waals surface area contributed by atoms with Gasteiger partial charge in [-0.15, -0.1) is 5.10 Å². The van der Waals surface area contributed by atoms with Crippen LogP contribution in [-0.2, 0) is 0 Å². The molecule has 0 radical (unpaired) electrons. The molecule has 0 fully saturated rings. The fraction of sp³-hybridized carbons (Fsp3) is 0.333. The van der Waals surface area contributed by atoms with Crippen molar-refractivity contribution in [3.8, 4) is 0 Å². The molecule has 1 aromatic heterocycles. The molecule has 0 spiro atoms. The van der Waals surface area contributed by atoms with Crippen LogP contribution in [0.1, 0.15) is 13.8 Å². The molecule has 1 heterocycles. The third-order valence-corrected chi connectivity index (χ3v) is 1.92. The normalized spacial score (nSPS) is 11.1. The van der Waals surface area contributed by atoms with Gasteiger partial charge in [0.15, 0.2) is 0 Å². The predicted molar refractivity (Wildman–Crippen MR) is 54.3 cm³/mol. The van der Waals surface area contributed by atoms with Gasteiger partial charge in [0.1, 0.15) is 17.1 Å². The molecule has 0 aliphatic carbocycles. The maximum Gasteiger partial charge on any atom is 0.132 e. The highest BCUT2D eigenvalue weighted by Gasteiger charge is 2.06. The molecule has 0 N–H and O–H groups in total. The van der Waals surface area contributed by atoms with Crippen molar-refractivity contribution in [2.45, 2.75) is 20.0 Å². The minimum Gasteiger partial charge on any atom is -0.392 e. The van der Waals surface area contributed by atoms with E-state index in [4.69, 9.17) is 16.4 Å². The van der Waals surface area contributed by atoms with Gasteiger partial charge in [-0.1, -0.05) is 16.4 Å². The van der Waals surface area contributed by atoms with Crippen molar-refractivity contribution >= 4 is 22.6 Å². The second kappa shape index (κ2) is 3.46. The third-order valence-electron chi connectivity index (χ3n) is 1.69. The maximum absolute atomic E-state index is 5.86. The van der Waals surface area contributed by atoms with Crippen molar-refractivity contribution in [3.63, 3.8) is 0 Å². The number of nitrogens with zero attached hydrogens (tertiary/aromatic N) is 3. The first-order valence-corrected chi connectivity index (χ1v) is 4.73. The zero-order valence-electron chi connectivity index (χ0n) is 7.94. The van der Waals surface area contributed by atoms with Gasteiger partial charge in [0.2, 0.25) is 0 Å². The summed E-state index contributed by atoms with van der Waals surface area (Å²) in [7, 11) is 0. The summed E-state index contributed by atoms with van der Waals surface area (Å²) < 4.78 is 0. The molecule has 0 bridgehead atoms. The molecule has 14 heavy (non-hydrogen) atoms. The van der Waals surface area contributed by atoms with E-state index in [0.29, 0.717) is 5.02 Å². The van der Waals surface area contributed by atoms with E-state index in [0.717, 1.165) is 11.0 Å². The summed E-state index contributed by atoms with van der Waals surface area (Å²) in [5.41, 5.74) is 1.56. The van der Waals surface area contributed by atoms with Crippen LogP contribution in [0.4, 0.5) is 0 Å². The smallest absolute Gasteiger partial charge is 0.132 e. The van der Waals surface area contributed by atoms with E-state index in [9.17, 15) is 0 Å². The summed E-state index contributed by atoms with van der Waals surface area (Å²) in [5.74, 6) is 0. The molecule has 5 heteroatoms. The van der Waals surface area contributed by atoms with Crippen LogP contribution < -0.4 is 4.84 Å². The van der Waals surface area contributed by atoms with Crippen LogP contribution >= 0.6 is 11.6 Å². The summed E-state index contributed by atoms with van der Waals surface area (Å²) in [5, 5.41) is 8.45. The number of aromatic nitrogens is 3. The second-order valence-corrected chi connectivity index (χ2v) is 3.69. The minimum atomic E-state index is 0.0545. The first-order valence-electron chi connectivity index (χ1n) is 4.35. The Morgan fingerprint density at radius 3 is 2.93 bits per heavy atom. The van der Waals surface area contributed by atoms with Gasteiger partial charge in [-0.05, 0) is 37.3 Å². The Morgan fingerprint density at radius 2 is 2.21 bits per heavy atom. The molecule has 4 nitrogen and oxygen atoms in total. The van der Waals surface area contributed by atoms with Crippen LogP contribution in [-0.4, -0.2) is 21.3 Å². The van der Waals surface area contributed by atoms with E-state index in [1.54, 1.807) is 12.1 Å². The van der Waals surface area contributed by atoms with Crippen molar-refractivity contribution in [2.75, 3.05) is 0 Å². The quantitative estimate of drug-likeness (QED) is 0.762. The summed E-state index contributed by atoms with van der Waals surface area (Å²) >= 11 is 5.86. The molecule has 0 saturated carbocycles. The summed E-state index contributed by atoms with van der Waals surface area (Å²) in [4.78, 5) is 6.80. The van der Waals surface area contributed by atoms with Crippen LogP contribution in [0.2, 0.25) is 5.02 Å².